The van der Waals surface area contributed by atoms with Gasteiger partial charge in [-0.25, -0.2) is 9.37 Å². The molecule has 2 rings (SSSR count). The molecule has 0 fully saturated rings. The van der Waals surface area contributed by atoms with Crippen LogP contribution in [0.5, 0.6) is 5.75 Å². The fourth-order valence-electron chi connectivity index (χ4n) is 1.13. The minimum atomic E-state index is -3.09. The SMILES string of the molecule is Nc1cc(F)c(OC(F)F)cc1Sc1ncns1. The van der Waals surface area contributed by atoms with Gasteiger partial charge in [0, 0.05) is 16.6 Å². The Bertz CT molecular complexity index is 536. The molecule has 0 unspecified atom stereocenters. The number of rotatable bonds is 4. The number of aromatic nitrogens is 2. The zero-order valence-corrected chi connectivity index (χ0v) is 10.3. The first-order valence-electron chi connectivity index (χ1n) is 4.54. The zero-order valence-electron chi connectivity index (χ0n) is 8.64. The van der Waals surface area contributed by atoms with Crippen LogP contribution in [-0.2, 0) is 0 Å². The van der Waals surface area contributed by atoms with Crippen LogP contribution >= 0.6 is 23.3 Å². The summed E-state index contributed by atoms with van der Waals surface area (Å²) in [4.78, 5) is 4.28. The first-order valence-corrected chi connectivity index (χ1v) is 6.13. The highest BCUT2D eigenvalue weighted by Crippen LogP contribution is 2.36. The molecule has 1 aromatic carbocycles. The second kappa shape index (κ2) is 5.44. The summed E-state index contributed by atoms with van der Waals surface area (Å²) in [5, 5.41) is 0. The van der Waals surface area contributed by atoms with E-state index in [4.69, 9.17) is 5.73 Å². The minimum absolute atomic E-state index is 0.120. The molecule has 0 aliphatic carbocycles. The molecule has 1 aromatic heterocycles. The highest BCUT2D eigenvalue weighted by Gasteiger charge is 2.14. The van der Waals surface area contributed by atoms with Crippen LogP contribution in [0.2, 0.25) is 0 Å². The molecular weight excluding hydrogens is 287 g/mol. The molecule has 0 aliphatic rings. The number of anilines is 1. The second-order valence-electron chi connectivity index (χ2n) is 3.01. The number of hydrogen-bond acceptors (Lipinski definition) is 6. The molecule has 0 atom stereocenters. The molecule has 9 heteroatoms. The van der Waals surface area contributed by atoms with Gasteiger partial charge in [0.25, 0.3) is 0 Å². The molecule has 0 saturated heterocycles. The fraction of sp³-hybridized carbons (Fsp3) is 0.111. The third kappa shape index (κ3) is 3.05. The Morgan fingerprint density at radius 1 is 1.39 bits per heavy atom. The molecular formula is C9H6F3N3OS2. The summed E-state index contributed by atoms with van der Waals surface area (Å²) in [5.74, 6) is -1.49. The van der Waals surface area contributed by atoms with E-state index in [1.807, 2.05) is 0 Å². The maximum atomic E-state index is 13.3. The van der Waals surface area contributed by atoms with Crippen LogP contribution in [0.15, 0.2) is 27.7 Å². The molecule has 1 heterocycles. The molecule has 4 nitrogen and oxygen atoms in total. The fourth-order valence-corrected chi connectivity index (χ4v) is 2.58. The molecule has 0 saturated carbocycles. The Hall–Kier alpha value is -1.48. The van der Waals surface area contributed by atoms with Gasteiger partial charge in [0.05, 0.1) is 0 Å². The van der Waals surface area contributed by atoms with Crippen molar-refractivity contribution in [3.05, 3.63) is 24.3 Å². The first kappa shape index (κ1) is 13.0. The van der Waals surface area contributed by atoms with E-state index in [1.54, 1.807) is 0 Å². The van der Waals surface area contributed by atoms with Crippen molar-refractivity contribution in [2.75, 3.05) is 5.73 Å². The number of alkyl halides is 2. The lowest BCUT2D eigenvalue weighted by molar-refractivity contribution is -0.0523. The van der Waals surface area contributed by atoms with E-state index in [-0.39, 0.29) is 5.69 Å². The molecule has 2 N–H and O–H groups in total. The number of hydrogen-bond donors (Lipinski definition) is 1. The average Bonchev–Trinajstić information content (AvgIpc) is 2.77. The maximum absolute atomic E-state index is 13.3. The van der Waals surface area contributed by atoms with E-state index < -0.39 is 18.2 Å². The average molecular weight is 293 g/mol. The number of halogens is 3. The van der Waals surface area contributed by atoms with Gasteiger partial charge in [0.2, 0.25) is 0 Å². The highest BCUT2D eigenvalue weighted by molar-refractivity contribution is 8.01. The highest BCUT2D eigenvalue weighted by atomic mass is 32.2. The molecule has 0 radical (unpaired) electrons. The summed E-state index contributed by atoms with van der Waals surface area (Å²) < 4.78 is 45.8. The van der Waals surface area contributed by atoms with E-state index in [0.29, 0.717) is 9.24 Å². The number of benzene rings is 1. The van der Waals surface area contributed by atoms with Crippen molar-refractivity contribution in [1.82, 2.24) is 9.36 Å². The van der Waals surface area contributed by atoms with Crippen LogP contribution in [0, 0.1) is 5.82 Å². The summed E-state index contributed by atoms with van der Waals surface area (Å²) in [5.41, 5.74) is 5.71. The van der Waals surface area contributed by atoms with Crippen molar-refractivity contribution < 1.29 is 17.9 Å². The summed E-state index contributed by atoms with van der Waals surface area (Å²) in [6.45, 7) is -3.09. The molecule has 0 bridgehead atoms. The van der Waals surface area contributed by atoms with Gasteiger partial charge in [-0.3, -0.25) is 0 Å². The van der Waals surface area contributed by atoms with Gasteiger partial charge in [0.1, 0.15) is 6.33 Å². The van der Waals surface area contributed by atoms with Gasteiger partial charge in [-0.05, 0) is 17.6 Å². The topological polar surface area (TPSA) is 61.0 Å². The zero-order chi connectivity index (χ0) is 13.1. The summed E-state index contributed by atoms with van der Waals surface area (Å²) >= 11 is 2.21. The monoisotopic (exact) mass is 293 g/mol. The van der Waals surface area contributed by atoms with Crippen LogP contribution in [0.3, 0.4) is 0 Å². The Morgan fingerprint density at radius 2 is 2.17 bits per heavy atom. The number of nitrogen functional groups attached to an aromatic ring is 1. The van der Waals surface area contributed by atoms with E-state index in [9.17, 15) is 13.2 Å². The third-order valence-corrected chi connectivity index (χ3v) is 3.61. The summed E-state index contributed by atoms with van der Waals surface area (Å²) in [7, 11) is 0. The molecule has 0 spiro atoms. The number of ether oxygens (including phenoxy) is 1. The largest absolute Gasteiger partial charge is 0.432 e. The Morgan fingerprint density at radius 3 is 2.78 bits per heavy atom. The van der Waals surface area contributed by atoms with Gasteiger partial charge in [-0.1, -0.05) is 11.8 Å². The predicted molar refractivity (Wildman–Crippen MR) is 61.5 cm³/mol. The van der Waals surface area contributed by atoms with E-state index in [1.165, 1.54) is 6.33 Å². The van der Waals surface area contributed by atoms with Gasteiger partial charge in [-0.15, -0.1) is 0 Å². The molecule has 18 heavy (non-hydrogen) atoms. The van der Waals surface area contributed by atoms with Gasteiger partial charge in [-0.2, -0.15) is 13.2 Å². The van der Waals surface area contributed by atoms with Crippen molar-refractivity contribution in [2.24, 2.45) is 0 Å². The lowest BCUT2D eigenvalue weighted by Gasteiger charge is -2.09. The van der Waals surface area contributed by atoms with Crippen molar-refractivity contribution in [2.45, 2.75) is 15.8 Å². The smallest absolute Gasteiger partial charge is 0.387 e. The lowest BCUT2D eigenvalue weighted by Crippen LogP contribution is -2.04. The summed E-state index contributed by atoms with van der Waals surface area (Å²) in [6.07, 6.45) is 1.35. The van der Waals surface area contributed by atoms with Crippen molar-refractivity contribution in [3.8, 4) is 5.75 Å². The van der Waals surface area contributed by atoms with Crippen LogP contribution in [0.4, 0.5) is 18.9 Å². The standard InChI is InChI=1S/C9H6F3N3OS2/c10-4-1-5(13)7(2-6(4)16-8(11)12)17-9-14-3-15-18-9/h1-3,8H,13H2. The quantitative estimate of drug-likeness (QED) is 0.878. The molecule has 0 amide bonds. The minimum Gasteiger partial charge on any atom is -0.432 e. The van der Waals surface area contributed by atoms with Crippen molar-refractivity contribution in [3.63, 3.8) is 0 Å². The van der Waals surface area contributed by atoms with Crippen LogP contribution in [-0.4, -0.2) is 16.0 Å². The number of nitrogens with zero attached hydrogens (tertiary/aromatic N) is 2. The Kier molecular flexibility index (Phi) is 3.92. The Balaban J connectivity index is 2.29. The van der Waals surface area contributed by atoms with Crippen molar-refractivity contribution in [1.29, 1.82) is 0 Å². The van der Waals surface area contributed by atoms with Crippen LogP contribution in [0.1, 0.15) is 0 Å². The van der Waals surface area contributed by atoms with E-state index in [0.717, 1.165) is 35.4 Å². The third-order valence-electron chi connectivity index (χ3n) is 1.82. The van der Waals surface area contributed by atoms with Crippen molar-refractivity contribution >= 4 is 29.0 Å². The predicted octanol–water partition coefficient (Wildman–Crippen LogP) is 3.01. The second-order valence-corrected chi connectivity index (χ2v) is 5.08. The van der Waals surface area contributed by atoms with E-state index >= 15 is 0 Å². The molecule has 0 aliphatic heterocycles. The summed E-state index contributed by atoms with van der Waals surface area (Å²) in [6, 6.07) is 2.05. The normalized spacial score (nSPS) is 10.9. The van der Waals surface area contributed by atoms with Crippen LogP contribution < -0.4 is 10.5 Å². The van der Waals surface area contributed by atoms with Gasteiger partial charge < -0.3 is 10.5 Å². The maximum Gasteiger partial charge on any atom is 0.387 e. The van der Waals surface area contributed by atoms with Crippen LogP contribution in [0.25, 0.3) is 0 Å². The first-order chi connectivity index (χ1) is 8.56. The van der Waals surface area contributed by atoms with Gasteiger partial charge >= 0.3 is 6.61 Å². The molecule has 2 aromatic rings. The number of nitrogens with two attached hydrogens (primary N) is 1. The Labute approximate surface area is 108 Å². The van der Waals surface area contributed by atoms with Gasteiger partial charge in [0.15, 0.2) is 15.9 Å². The lowest BCUT2D eigenvalue weighted by atomic mass is 10.3. The van der Waals surface area contributed by atoms with E-state index in [2.05, 4.69) is 14.1 Å². The molecule has 96 valence electrons.